The van der Waals surface area contributed by atoms with E-state index in [1.165, 1.54) is 18.2 Å². The molecule has 9 nitrogen and oxygen atoms in total. The number of hydrogen-bond donors (Lipinski definition) is 3. The molecule has 0 aliphatic carbocycles. The SMILES string of the molecule is CCOC(=O)CS(=O)(=O)N(C/C=C/c1ccc(F)c(C(=N)N)c1)c1ccc(OC2CCNCC2)cc1.Cl.Cl. The van der Waals surface area contributed by atoms with Gasteiger partial charge in [0.15, 0.2) is 5.75 Å². The van der Waals surface area contributed by atoms with Gasteiger partial charge in [-0.2, -0.15) is 0 Å². The third kappa shape index (κ3) is 9.46. The number of nitrogens with one attached hydrogen (secondary N) is 2. The van der Waals surface area contributed by atoms with Crippen molar-refractivity contribution in [3.05, 3.63) is 65.5 Å². The number of halogens is 3. The zero-order chi connectivity index (χ0) is 26.1. The lowest BCUT2D eigenvalue weighted by atomic mass is 10.1. The highest BCUT2D eigenvalue weighted by Gasteiger charge is 2.26. The number of nitrogens with two attached hydrogens (primary N) is 1. The van der Waals surface area contributed by atoms with E-state index >= 15 is 0 Å². The number of carbonyl (C=O) groups excluding carboxylic acids is 1. The summed E-state index contributed by atoms with van der Waals surface area (Å²) in [7, 11) is -4.08. The lowest BCUT2D eigenvalue weighted by molar-refractivity contribution is -0.139. The lowest BCUT2D eigenvalue weighted by Crippen LogP contribution is -2.36. The Hall–Kier alpha value is -2.86. The molecule has 2 aromatic rings. The number of ether oxygens (including phenoxy) is 2. The molecule has 0 saturated carbocycles. The van der Waals surface area contributed by atoms with Gasteiger partial charge in [-0.15, -0.1) is 24.8 Å². The second-order valence-corrected chi connectivity index (χ2v) is 10.1. The molecule has 0 amide bonds. The number of piperidine rings is 1. The third-order valence-electron chi connectivity index (χ3n) is 5.52. The van der Waals surface area contributed by atoms with Gasteiger partial charge < -0.3 is 20.5 Å². The Morgan fingerprint density at radius 1 is 1.18 bits per heavy atom. The quantitative estimate of drug-likeness (QED) is 0.207. The molecule has 210 valence electrons. The molecule has 38 heavy (non-hydrogen) atoms. The van der Waals surface area contributed by atoms with Crippen LogP contribution in [0.3, 0.4) is 0 Å². The number of anilines is 1. The van der Waals surface area contributed by atoms with Crippen molar-refractivity contribution in [1.29, 1.82) is 5.41 Å². The van der Waals surface area contributed by atoms with E-state index in [4.69, 9.17) is 20.6 Å². The third-order valence-corrected chi connectivity index (χ3v) is 7.15. The molecule has 1 aliphatic rings. The molecular weight excluding hydrogens is 558 g/mol. The number of benzene rings is 2. The zero-order valence-electron chi connectivity index (χ0n) is 20.9. The van der Waals surface area contributed by atoms with Gasteiger partial charge in [0.25, 0.3) is 0 Å². The van der Waals surface area contributed by atoms with E-state index in [9.17, 15) is 17.6 Å². The van der Waals surface area contributed by atoms with Crippen molar-refractivity contribution in [3.8, 4) is 5.75 Å². The second kappa shape index (κ2) is 15.5. The van der Waals surface area contributed by atoms with Crippen LogP contribution in [0.4, 0.5) is 10.1 Å². The van der Waals surface area contributed by atoms with E-state index in [0.717, 1.165) is 30.2 Å². The average Bonchev–Trinajstić information content (AvgIpc) is 2.83. The van der Waals surface area contributed by atoms with E-state index in [-0.39, 0.29) is 49.6 Å². The molecule has 13 heteroatoms. The van der Waals surface area contributed by atoms with Crippen LogP contribution in [0.15, 0.2) is 48.5 Å². The first-order valence-electron chi connectivity index (χ1n) is 11.6. The highest BCUT2D eigenvalue weighted by atomic mass is 35.5. The number of esters is 1. The molecule has 0 aromatic heterocycles. The van der Waals surface area contributed by atoms with Crippen LogP contribution < -0.4 is 20.1 Å². The van der Waals surface area contributed by atoms with Gasteiger partial charge in [-0.1, -0.05) is 18.2 Å². The largest absolute Gasteiger partial charge is 0.490 e. The lowest BCUT2D eigenvalue weighted by Gasteiger charge is -2.25. The zero-order valence-corrected chi connectivity index (χ0v) is 23.3. The maximum absolute atomic E-state index is 13.8. The Balaban J connectivity index is 0.00000361. The molecule has 1 heterocycles. The van der Waals surface area contributed by atoms with E-state index in [1.54, 1.807) is 43.3 Å². The van der Waals surface area contributed by atoms with Crippen LogP contribution in [-0.4, -0.2) is 58.3 Å². The van der Waals surface area contributed by atoms with E-state index < -0.39 is 33.4 Å². The van der Waals surface area contributed by atoms with Gasteiger partial charge in [-0.3, -0.25) is 14.5 Å². The van der Waals surface area contributed by atoms with Crippen molar-refractivity contribution in [2.75, 3.05) is 36.3 Å². The standard InChI is InChI=1S/C25H31FN4O5S.2ClH/c1-2-34-24(31)17-36(32,33)30(15-3-4-18-5-10-23(26)22(16-18)25(27)28)19-6-8-20(9-7-19)35-21-11-13-29-14-12-21;;/h3-10,16,21,29H,2,11-15,17H2,1H3,(H3,27,28);2*1H/b4-3+;;. The first-order chi connectivity index (χ1) is 17.2. The van der Waals surface area contributed by atoms with Crippen LogP contribution >= 0.6 is 24.8 Å². The summed E-state index contributed by atoms with van der Waals surface area (Å²) in [5, 5.41) is 10.8. The van der Waals surface area contributed by atoms with Crippen LogP contribution in [0.1, 0.15) is 30.9 Å². The van der Waals surface area contributed by atoms with Gasteiger partial charge in [0.05, 0.1) is 24.4 Å². The van der Waals surface area contributed by atoms with Crippen molar-refractivity contribution in [1.82, 2.24) is 5.32 Å². The Labute approximate surface area is 234 Å². The van der Waals surface area contributed by atoms with Gasteiger partial charge >= 0.3 is 5.97 Å². The fourth-order valence-corrected chi connectivity index (χ4v) is 5.04. The van der Waals surface area contributed by atoms with Gasteiger partial charge in [0, 0.05) is 0 Å². The predicted octanol–water partition coefficient (Wildman–Crippen LogP) is 3.50. The molecular formula is C25H33Cl2FN4O5S. The van der Waals surface area contributed by atoms with E-state index in [2.05, 4.69) is 5.32 Å². The molecule has 0 atom stereocenters. The van der Waals surface area contributed by atoms with Gasteiger partial charge in [0.2, 0.25) is 10.0 Å². The number of amidine groups is 1. The Kier molecular flexibility index (Phi) is 13.6. The van der Waals surface area contributed by atoms with Crippen LogP contribution in [0.25, 0.3) is 6.08 Å². The number of hydrogen-bond acceptors (Lipinski definition) is 7. The first kappa shape index (κ1) is 33.2. The van der Waals surface area contributed by atoms with Crippen LogP contribution in [0, 0.1) is 11.2 Å². The smallest absolute Gasteiger partial charge is 0.323 e. The predicted molar refractivity (Wildman–Crippen MR) is 152 cm³/mol. The van der Waals surface area contributed by atoms with E-state index in [0.29, 0.717) is 17.0 Å². The van der Waals surface area contributed by atoms with Crippen molar-refractivity contribution < 1.29 is 27.1 Å². The van der Waals surface area contributed by atoms with Crippen molar-refractivity contribution in [2.45, 2.75) is 25.9 Å². The van der Waals surface area contributed by atoms with Crippen LogP contribution in [0.5, 0.6) is 5.75 Å². The summed E-state index contributed by atoms with van der Waals surface area (Å²) in [6, 6.07) is 10.7. The van der Waals surface area contributed by atoms with Crippen molar-refractivity contribution in [3.63, 3.8) is 0 Å². The van der Waals surface area contributed by atoms with Crippen LogP contribution in [-0.2, 0) is 19.6 Å². The second-order valence-electron chi connectivity index (χ2n) is 8.21. The number of sulfonamides is 1. The molecule has 1 aliphatic heterocycles. The summed E-state index contributed by atoms with van der Waals surface area (Å²) in [5.41, 5.74) is 6.25. The number of rotatable bonds is 11. The summed E-state index contributed by atoms with van der Waals surface area (Å²) >= 11 is 0. The van der Waals surface area contributed by atoms with Crippen LogP contribution in [0.2, 0.25) is 0 Å². The average molecular weight is 592 g/mol. The number of nitrogens with zero attached hydrogens (tertiary/aromatic N) is 1. The monoisotopic (exact) mass is 590 g/mol. The highest BCUT2D eigenvalue weighted by molar-refractivity contribution is 7.93. The Bertz CT molecular complexity index is 1210. The summed E-state index contributed by atoms with van der Waals surface area (Å²) in [6.45, 7) is 3.35. The molecule has 0 radical (unpaired) electrons. The van der Waals surface area contributed by atoms with Crippen molar-refractivity contribution in [2.24, 2.45) is 5.73 Å². The maximum Gasteiger partial charge on any atom is 0.323 e. The molecule has 3 rings (SSSR count). The normalized spacial score (nSPS) is 13.7. The fourth-order valence-electron chi connectivity index (χ4n) is 3.74. The minimum absolute atomic E-state index is 0. The molecule has 0 spiro atoms. The highest BCUT2D eigenvalue weighted by Crippen LogP contribution is 2.24. The minimum atomic E-state index is -4.08. The summed E-state index contributed by atoms with van der Waals surface area (Å²) in [4.78, 5) is 12.0. The molecule has 4 N–H and O–H groups in total. The summed E-state index contributed by atoms with van der Waals surface area (Å²) in [5.74, 6) is -2.06. The summed E-state index contributed by atoms with van der Waals surface area (Å²) < 4.78 is 52.0. The molecule has 1 fully saturated rings. The molecule has 2 aromatic carbocycles. The summed E-state index contributed by atoms with van der Waals surface area (Å²) in [6.07, 6.45) is 5.04. The molecule has 1 saturated heterocycles. The van der Waals surface area contributed by atoms with E-state index in [1.807, 2.05) is 0 Å². The van der Waals surface area contributed by atoms with Crippen molar-refractivity contribution >= 4 is 58.4 Å². The molecule has 0 bridgehead atoms. The fraction of sp³-hybridized carbons (Fsp3) is 0.360. The number of carbonyl (C=O) groups is 1. The Morgan fingerprint density at radius 2 is 1.84 bits per heavy atom. The first-order valence-corrected chi connectivity index (χ1v) is 13.2. The maximum atomic E-state index is 13.8. The topological polar surface area (TPSA) is 135 Å². The minimum Gasteiger partial charge on any atom is -0.490 e. The van der Waals surface area contributed by atoms with Gasteiger partial charge in [-0.25, -0.2) is 12.8 Å². The molecule has 0 unspecified atom stereocenters. The number of nitrogen functional groups attached to an aromatic ring is 1. The van der Waals surface area contributed by atoms with Gasteiger partial charge in [0.1, 0.15) is 23.5 Å². The van der Waals surface area contributed by atoms with Gasteiger partial charge in [-0.05, 0) is 74.8 Å². The Morgan fingerprint density at radius 3 is 2.45 bits per heavy atom.